The van der Waals surface area contributed by atoms with Gasteiger partial charge in [-0.05, 0) is 66.8 Å². The van der Waals surface area contributed by atoms with Crippen molar-refractivity contribution in [1.82, 2.24) is 15.0 Å². The maximum Gasteiger partial charge on any atom is 0.263 e. The third kappa shape index (κ3) is 4.50. The number of aromatic nitrogens is 2. The standard InChI is InChI=1S/C22H25N3O3S/c1-3-18(27-17-11-10-15-7-4-5-8-16(15)13-17)22(26)25(2)14-20-23-21(24-28-20)19-9-6-12-29-19/h6,9-13,18H,3-5,7-8,14H2,1-2H3. The number of nitrogens with zero attached hydrogens (tertiary/aromatic N) is 3. The van der Waals surface area contributed by atoms with E-state index in [2.05, 4.69) is 22.3 Å². The van der Waals surface area contributed by atoms with E-state index in [4.69, 9.17) is 9.26 Å². The second kappa shape index (κ2) is 8.78. The van der Waals surface area contributed by atoms with Crippen molar-refractivity contribution in [3.63, 3.8) is 0 Å². The van der Waals surface area contributed by atoms with Crippen LogP contribution in [0.2, 0.25) is 0 Å². The molecule has 0 fully saturated rings. The molecule has 152 valence electrons. The second-order valence-corrected chi connectivity index (χ2v) is 8.28. The fraction of sp³-hybridized carbons (Fsp3) is 0.409. The summed E-state index contributed by atoms with van der Waals surface area (Å²) in [6, 6.07) is 10.1. The van der Waals surface area contributed by atoms with E-state index in [1.165, 1.54) is 24.0 Å². The zero-order chi connectivity index (χ0) is 20.2. The molecule has 0 N–H and O–H groups in total. The van der Waals surface area contributed by atoms with Crippen LogP contribution < -0.4 is 4.74 Å². The average Bonchev–Trinajstić information content (AvgIpc) is 3.43. The van der Waals surface area contributed by atoms with Gasteiger partial charge in [0.15, 0.2) is 6.10 Å². The van der Waals surface area contributed by atoms with Crippen molar-refractivity contribution in [2.24, 2.45) is 0 Å². The van der Waals surface area contributed by atoms with Crippen molar-refractivity contribution in [1.29, 1.82) is 0 Å². The van der Waals surface area contributed by atoms with Gasteiger partial charge in [0.25, 0.3) is 5.91 Å². The highest BCUT2D eigenvalue weighted by Crippen LogP contribution is 2.26. The molecule has 0 saturated heterocycles. The number of benzene rings is 1. The number of likely N-dealkylation sites (N-methyl/N-ethyl adjacent to an activating group) is 1. The van der Waals surface area contributed by atoms with Gasteiger partial charge < -0.3 is 14.2 Å². The summed E-state index contributed by atoms with van der Waals surface area (Å²) in [5.74, 6) is 1.62. The number of rotatable bonds is 7. The number of aryl methyl sites for hydroxylation is 2. The molecule has 1 atom stereocenters. The molecule has 0 bridgehead atoms. The maximum atomic E-state index is 12.9. The molecule has 2 heterocycles. The van der Waals surface area contributed by atoms with Crippen molar-refractivity contribution in [3.05, 3.63) is 52.7 Å². The SMILES string of the molecule is CCC(Oc1ccc2c(c1)CCCC2)C(=O)N(C)Cc1nc(-c2cccs2)no1. The fourth-order valence-corrected chi connectivity index (χ4v) is 4.26. The van der Waals surface area contributed by atoms with Gasteiger partial charge in [-0.2, -0.15) is 4.98 Å². The minimum Gasteiger partial charge on any atom is -0.481 e. The summed E-state index contributed by atoms with van der Waals surface area (Å²) in [4.78, 5) is 19.8. The summed E-state index contributed by atoms with van der Waals surface area (Å²) in [6.45, 7) is 2.21. The minimum atomic E-state index is -0.540. The second-order valence-electron chi connectivity index (χ2n) is 7.34. The van der Waals surface area contributed by atoms with Crippen LogP contribution in [0.5, 0.6) is 5.75 Å². The lowest BCUT2D eigenvalue weighted by Crippen LogP contribution is -2.39. The molecule has 0 radical (unpaired) electrons. The highest BCUT2D eigenvalue weighted by molar-refractivity contribution is 7.13. The van der Waals surface area contributed by atoms with Gasteiger partial charge in [-0.15, -0.1) is 11.3 Å². The van der Waals surface area contributed by atoms with E-state index < -0.39 is 6.10 Å². The summed E-state index contributed by atoms with van der Waals surface area (Å²) in [5.41, 5.74) is 2.74. The van der Waals surface area contributed by atoms with Crippen LogP contribution in [0.1, 0.15) is 43.2 Å². The van der Waals surface area contributed by atoms with E-state index in [0.717, 1.165) is 23.5 Å². The van der Waals surface area contributed by atoms with E-state index in [-0.39, 0.29) is 12.5 Å². The van der Waals surface area contributed by atoms with Gasteiger partial charge >= 0.3 is 0 Å². The topological polar surface area (TPSA) is 68.5 Å². The molecule has 29 heavy (non-hydrogen) atoms. The Labute approximate surface area is 174 Å². The molecule has 4 rings (SSSR count). The summed E-state index contributed by atoms with van der Waals surface area (Å²) in [5, 5.41) is 5.96. The smallest absolute Gasteiger partial charge is 0.263 e. The van der Waals surface area contributed by atoms with Gasteiger partial charge in [0.1, 0.15) is 5.75 Å². The Kier molecular flexibility index (Phi) is 5.94. The lowest BCUT2D eigenvalue weighted by atomic mass is 9.92. The molecule has 6 nitrogen and oxygen atoms in total. The van der Waals surface area contributed by atoms with Crippen LogP contribution >= 0.6 is 11.3 Å². The van der Waals surface area contributed by atoms with Crippen LogP contribution in [-0.4, -0.2) is 34.1 Å². The molecule has 1 aliphatic rings. The molecule has 2 aromatic heterocycles. The van der Waals surface area contributed by atoms with Gasteiger partial charge in [0, 0.05) is 7.05 Å². The van der Waals surface area contributed by atoms with Crippen LogP contribution in [0, 0.1) is 0 Å². The highest BCUT2D eigenvalue weighted by Gasteiger charge is 2.24. The number of carbonyl (C=O) groups is 1. The van der Waals surface area contributed by atoms with Gasteiger partial charge in [0.05, 0.1) is 11.4 Å². The Morgan fingerprint density at radius 1 is 1.28 bits per heavy atom. The quantitative estimate of drug-likeness (QED) is 0.573. The predicted molar refractivity (Wildman–Crippen MR) is 112 cm³/mol. The van der Waals surface area contributed by atoms with E-state index in [0.29, 0.717) is 18.1 Å². The molecule has 1 amide bonds. The summed E-state index contributed by atoms with van der Waals surface area (Å²) in [7, 11) is 1.73. The fourth-order valence-electron chi connectivity index (χ4n) is 3.61. The van der Waals surface area contributed by atoms with Gasteiger partial charge in [-0.1, -0.05) is 24.2 Å². The molecular formula is C22H25N3O3S. The highest BCUT2D eigenvalue weighted by atomic mass is 32.1. The Morgan fingerprint density at radius 2 is 2.10 bits per heavy atom. The Hall–Kier alpha value is -2.67. The first-order valence-electron chi connectivity index (χ1n) is 10.0. The van der Waals surface area contributed by atoms with E-state index in [1.807, 2.05) is 30.5 Å². The summed E-state index contributed by atoms with van der Waals surface area (Å²) < 4.78 is 11.4. The largest absolute Gasteiger partial charge is 0.481 e. The summed E-state index contributed by atoms with van der Waals surface area (Å²) in [6.07, 6.45) is 4.73. The van der Waals surface area contributed by atoms with Crippen molar-refractivity contribution in [2.75, 3.05) is 7.05 Å². The Bertz CT molecular complexity index is 968. The van der Waals surface area contributed by atoms with Crippen molar-refractivity contribution in [2.45, 2.75) is 51.7 Å². The molecule has 7 heteroatoms. The normalized spacial score (nSPS) is 14.3. The van der Waals surface area contributed by atoms with Crippen LogP contribution in [0.4, 0.5) is 0 Å². The van der Waals surface area contributed by atoms with E-state index in [1.54, 1.807) is 23.3 Å². The Balaban J connectivity index is 1.40. The van der Waals surface area contributed by atoms with Gasteiger partial charge in [-0.25, -0.2) is 0 Å². The molecule has 1 aromatic carbocycles. The lowest BCUT2D eigenvalue weighted by molar-refractivity contribution is -0.138. The molecule has 1 unspecified atom stereocenters. The molecule has 1 aliphatic carbocycles. The maximum absolute atomic E-state index is 12.9. The average molecular weight is 412 g/mol. The number of carbonyl (C=O) groups excluding carboxylic acids is 1. The molecule has 0 saturated carbocycles. The third-order valence-corrected chi connectivity index (χ3v) is 6.07. The number of ether oxygens (including phenoxy) is 1. The number of thiophene rings is 1. The zero-order valence-electron chi connectivity index (χ0n) is 16.8. The first-order valence-corrected chi connectivity index (χ1v) is 10.9. The molecule has 0 aliphatic heterocycles. The van der Waals surface area contributed by atoms with Gasteiger partial charge in [-0.3, -0.25) is 4.79 Å². The Morgan fingerprint density at radius 3 is 2.86 bits per heavy atom. The molecule has 3 aromatic rings. The van der Waals surface area contributed by atoms with Crippen LogP contribution in [0.25, 0.3) is 10.7 Å². The number of hydrogen-bond acceptors (Lipinski definition) is 6. The first kappa shape index (κ1) is 19.6. The van der Waals surface area contributed by atoms with Crippen LogP contribution in [0.3, 0.4) is 0 Å². The summed E-state index contributed by atoms with van der Waals surface area (Å²) >= 11 is 1.55. The third-order valence-electron chi connectivity index (χ3n) is 5.20. The molecular weight excluding hydrogens is 386 g/mol. The first-order chi connectivity index (χ1) is 14.1. The van der Waals surface area contributed by atoms with Gasteiger partial charge in [0.2, 0.25) is 11.7 Å². The minimum absolute atomic E-state index is 0.0962. The van der Waals surface area contributed by atoms with Crippen molar-refractivity contribution in [3.8, 4) is 16.5 Å². The lowest BCUT2D eigenvalue weighted by Gasteiger charge is -2.24. The van der Waals surface area contributed by atoms with E-state index >= 15 is 0 Å². The molecule has 0 spiro atoms. The van der Waals surface area contributed by atoms with Crippen molar-refractivity contribution >= 4 is 17.2 Å². The monoisotopic (exact) mass is 411 g/mol. The number of hydrogen-bond donors (Lipinski definition) is 0. The van der Waals surface area contributed by atoms with Crippen LogP contribution in [0.15, 0.2) is 40.2 Å². The van der Waals surface area contributed by atoms with Crippen molar-refractivity contribution < 1.29 is 14.1 Å². The predicted octanol–water partition coefficient (Wildman–Crippen LogP) is 4.49. The zero-order valence-corrected chi connectivity index (χ0v) is 17.6. The number of amides is 1. The number of fused-ring (bicyclic) bond motifs is 1. The van der Waals surface area contributed by atoms with E-state index in [9.17, 15) is 4.79 Å². The van der Waals surface area contributed by atoms with Crippen LogP contribution in [-0.2, 0) is 24.2 Å².